The summed E-state index contributed by atoms with van der Waals surface area (Å²) in [4.78, 5) is 21.1. The summed E-state index contributed by atoms with van der Waals surface area (Å²) in [6.45, 7) is 2.44. The minimum Gasteiger partial charge on any atom is -0.464 e. The first-order valence-corrected chi connectivity index (χ1v) is 8.43. The van der Waals surface area contributed by atoms with Crippen LogP contribution in [0.3, 0.4) is 0 Å². The van der Waals surface area contributed by atoms with Crippen LogP contribution >= 0.6 is 0 Å². The van der Waals surface area contributed by atoms with Crippen LogP contribution in [0.25, 0.3) is 0 Å². The van der Waals surface area contributed by atoms with E-state index in [2.05, 4.69) is 15.3 Å². The summed E-state index contributed by atoms with van der Waals surface area (Å²) in [7, 11) is 0. The van der Waals surface area contributed by atoms with E-state index in [0.717, 1.165) is 37.0 Å². The smallest absolute Gasteiger partial charge is 0.316 e. The van der Waals surface area contributed by atoms with E-state index in [9.17, 15) is 4.79 Å². The highest BCUT2D eigenvalue weighted by Gasteiger charge is 2.54. The molecule has 0 aromatic carbocycles. The van der Waals surface area contributed by atoms with Gasteiger partial charge in [0.1, 0.15) is 0 Å². The molecule has 4 aliphatic rings. The average molecular weight is 301 g/mol. The average Bonchev–Trinajstić information content (AvgIpc) is 2.48. The molecule has 0 saturated heterocycles. The van der Waals surface area contributed by atoms with Crippen LogP contribution in [0.5, 0.6) is 6.01 Å². The maximum Gasteiger partial charge on any atom is 0.316 e. The van der Waals surface area contributed by atoms with E-state index < -0.39 is 0 Å². The molecule has 1 N–H and O–H groups in total. The molecule has 0 atom stereocenters. The Kier molecular flexibility index (Phi) is 3.31. The minimum atomic E-state index is -0.132. The molecule has 0 unspecified atom stereocenters. The number of hydrogen-bond donors (Lipinski definition) is 1. The number of ether oxygens (including phenoxy) is 1. The van der Waals surface area contributed by atoms with Gasteiger partial charge >= 0.3 is 6.01 Å². The second-order valence-corrected chi connectivity index (χ2v) is 7.34. The summed E-state index contributed by atoms with van der Waals surface area (Å²) in [6.07, 6.45) is 10.5. The summed E-state index contributed by atoms with van der Waals surface area (Å²) in [5.74, 6) is 2.50. The van der Waals surface area contributed by atoms with Gasteiger partial charge in [0.15, 0.2) is 0 Å². The molecule has 1 heterocycles. The summed E-state index contributed by atoms with van der Waals surface area (Å²) in [6, 6.07) is 0.357. The van der Waals surface area contributed by atoms with Crippen LogP contribution in [0.1, 0.15) is 45.4 Å². The van der Waals surface area contributed by atoms with Crippen molar-refractivity contribution in [3.63, 3.8) is 0 Å². The fourth-order valence-corrected chi connectivity index (χ4v) is 5.24. The van der Waals surface area contributed by atoms with Crippen molar-refractivity contribution in [2.45, 2.75) is 45.4 Å². The normalized spacial score (nSPS) is 35.4. The van der Waals surface area contributed by atoms with E-state index >= 15 is 0 Å². The lowest BCUT2D eigenvalue weighted by molar-refractivity contribution is -0.140. The van der Waals surface area contributed by atoms with Gasteiger partial charge < -0.3 is 10.1 Å². The van der Waals surface area contributed by atoms with Crippen LogP contribution in [-0.4, -0.2) is 22.5 Å². The van der Waals surface area contributed by atoms with E-state index in [1.54, 1.807) is 12.4 Å². The molecular weight excluding hydrogens is 278 g/mol. The second kappa shape index (κ2) is 5.21. The zero-order chi connectivity index (χ0) is 15.2. The zero-order valence-corrected chi connectivity index (χ0v) is 13.0. The Hall–Kier alpha value is -1.65. The number of rotatable bonds is 4. The van der Waals surface area contributed by atoms with Crippen LogP contribution < -0.4 is 10.1 Å². The monoisotopic (exact) mass is 301 g/mol. The molecule has 4 saturated carbocycles. The van der Waals surface area contributed by atoms with Crippen LogP contribution in [-0.2, 0) is 4.79 Å². The molecule has 5 nitrogen and oxygen atoms in total. The Morgan fingerprint density at radius 1 is 1.18 bits per heavy atom. The van der Waals surface area contributed by atoms with Gasteiger partial charge in [-0.05, 0) is 63.2 Å². The molecule has 1 aromatic heterocycles. The van der Waals surface area contributed by atoms with Crippen LogP contribution in [0.15, 0.2) is 12.4 Å². The number of nitrogens with one attached hydrogen (secondary N) is 1. The molecule has 0 radical (unpaired) electrons. The van der Waals surface area contributed by atoms with E-state index in [1.165, 1.54) is 19.3 Å². The number of aromatic nitrogens is 2. The van der Waals surface area contributed by atoms with Crippen molar-refractivity contribution in [1.82, 2.24) is 9.97 Å². The van der Waals surface area contributed by atoms with Gasteiger partial charge in [-0.15, -0.1) is 0 Å². The first-order valence-electron chi connectivity index (χ1n) is 8.43. The van der Waals surface area contributed by atoms with Crippen molar-refractivity contribution < 1.29 is 9.53 Å². The molecule has 4 bridgehead atoms. The molecule has 1 aromatic rings. The van der Waals surface area contributed by atoms with Crippen molar-refractivity contribution in [3.8, 4) is 6.01 Å². The van der Waals surface area contributed by atoms with Gasteiger partial charge in [-0.3, -0.25) is 4.79 Å². The zero-order valence-electron chi connectivity index (χ0n) is 13.0. The summed E-state index contributed by atoms with van der Waals surface area (Å²) < 4.78 is 5.23. The molecule has 0 spiro atoms. The molecule has 5 heteroatoms. The first-order chi connectivity index (χ1) is 10.7. The standard InChI is InChI=1S/C17H23N3O2/c1-2-22-16-18-9-14(10-19-16)20-15(21)17-6-11-3-12(7-17)5-13(4-11)8-17/h9-13H,2-8H2,1H3,(H,20,21). The Morgan fingerprint density at radius 3 is 2.23 bits per heavy atom. The quantitative estimate of drug-likeness (QED) is 0.928. The van der Waals surface area contributed by atoms with E-state index in [0.29, 0.717) is 18.3 Å². The largest absolute Gasteiger partial charge is 0.464 e. The van der Waals surface area contributed by atoms with E-state index in [4.69, 9.17) is 4.74 Å². The molecular formula is C17H23N3O2. The maximum atomic E-state index is 12.9. The Bertz CT molecular complexity index is 534. The molecule has 1 amide bonds. The highest BCUT2D eigenvalue weighted by atomic mass is 16.5. The van der Waals surface area contributed by atoms with Crippen molar-refractivity contribution in [1.29, 1.82) is 0 Å². The van der Waals surface area contributed by atoms with Crippen LogP contribution in [0.4, 0.5) is 5.69 Å². The number of carbonyl (C=O) groups is 1. The van der Waals surface area contributed by atoms with Crippen LogP contribution in [0, 0.1) is 23.2 Å². The van der Waals surface area contributed by atoms with Gasteiger partial charge in [0.2, 0.25) is 5.91 Å². The summed E-state index contributed by atoms with van der Waals surface area (Å²) in [5, 5.41) is 3.05. The SMILES string of the molecule is CCOc1ncc(NC(=O)C23CC4CC(CC(C4)C2)C3)cn1. The summed E-state index contributed by atoms with van der Waals surface area (Å²) in [5.41, 5.74) is 0.539. The molecule has 22 heavy (non-hydrogen) atoms. The Labute approximate surface area is 130 Å². The number of anilines is 1. The van der Waals surface area contributed by atoms with Crippen molar-refractivity contribution in [2.75, 3.05) is 11.9 Å². The lowest BCUT2D eigenvalue weighted by Gasteiger charge is -2.55. The van der Waals surface area contributed by atoms with Gasteiger partial charge in [-0.1, -0.05) is 0 Å². The number of amides is 1. The fourth-order valence-electron chi connectivity index (χ4n) is 5.24. The van der Waals surface area contributed by atoms with Crippen molar-refractivity contribution >= 4 is 11.6 Å². The third kappa shape index (κ3) is 2.36. The molecule has 5 rings (SSSR count). The van der Waals surface area contributed by atoms with Gasteiger partial charge in [0.05, 0.1) is 30.1 Å². The molecule has 4 fully saturated rings. The van der Waals surface area contributed by atoms with Gasteiger partial charge in [0, 0.05) is 0 Å². The minimum absolute atomic E-state index is 0.132. The lowest BCUT2D eigenvalue weighted by atomic mass is 9.49. The van der Waals surface area contributed by atoms with Crippen LogP contribution in [0.2, 0.25) is 0 Å². The maximum absolute atomic E-state index is 12.9. The fraction of sp³-hybridized carbons (Fsp3) is 0.706. The molecule has 0 aliphatic heterocycles. The predicted molar refractivity (Wildman–Crippen MR) is 82.4 cm³/mol. The number of hydrogen-bond acceptors (Lipinski definition) is 4. The lowest BCUT2D eigenvalue weighted by Crippen LogP contribution is -2.51. The molecule has 4 aliphatic carbocycles. The first kappa shape index (κ1) is 14.0. The van der Waals surface area contributed by atoms with Crippen molar-refractivity contribution in [2.24, 2.45) is 23.2 Å². The van der Waals surface area contributed by atoms with Crippen molar-refractivity contribution in [3.05, 3.63) is 12.4 Å². The number of carbonyl (C=O) groups excluding carboxylic acids is 1. The van der Waals surface area contributed by atoms with Gasteiger partial charge in [-0.25, -0.2) is 9.97 Å². The summed E-state index contributed by atoms with van der Waals surface area (Å²) >= 11 is 0. The molecule has 118 valence electrons. The van der Waals surface area contributed by atoms with E-state index in [1.807, 2.05) is 6.92 Å². The topological polar surface area (TPSA) is 64.1 Å². The second-order valence-electron chi connectivity index (χ2n) is 7.34. The third-order valence-corrected chi connectivity index (χ3v) is 5.68. The third-order valence-electron chi connectivity index (χ3n) is 5.68. The predicted octanol–water partition coefficient (Wildman–Crippen LogP) is 3.03. The van der Waals surface area contributed by atoms with Gasteiger partial charge in [-0.2, -0.15) is 0 Å². The number of nitrogens with zero attached hydrogens (tertiary/aromatic N) is 2. The Balaban J connectivity index is 1.48. The van der Waals surface area contributed by atoms with E-state index in [-0.39, 0.29) is 11.3 Å². The van der Waals surface area contributed by atoms with Gasteiger partial charge in [0.25, 0.3) is 0 Å². The highest BCUT2D eigenvalue weighted by molar-refractivity contribution is 5.95. The Morgan fingerprint density at radius 2 is 1.73 bits per heavy atom. The highest BCUT2D eigenvalue weighted by Crippen LogP contribution is 2.60.